The molecule has 0 aliphatic carbocycles. The summed E-state index contributed by atoms with van der Waals surface area (Å²) in [6, 6.07) is 7.21. The molecule has 0 bridgehead atoms. The number of nitrogens with zero attached hydrogens (tertiary/aromatic N) is 1. The van der Waals surface area contributed by atoms with E-state index in [2.05, 4.69) is 5.32 Å². The molecule has 138 valence electrons. The number of hydrogen-bond acceptors (Lipinski definition) is 5. The lowest BCUT2D eigenvalue weighted by Gasteiger charge is -2.23. The van der Waals surface area contributed by atoms with Crippen LogP contribution in [0.5, 0.6) is 5.75 Å². The van der Waals surface area contributed by atoms with Crippen LogP contribution in [0.1, 0.15) is 18.4 Å². The molecule has 1 heterocycles. The first-order valence-corrected chi connectivity index (χ1v) is 9.99. The second-order valence-corrected chi connectivity index (χ2v) is 8.38. The standard InChI is InChI=1S/C17H24N2O5S/c1-19(14-8-10-25(22,23)12-14)17(21)11-16(20)18-9-7-13-5-3-4-6-15(13)24-2/h3-6,14H,7-12H2,1-2H3,(H,18,20). The average molecular weight is 368 g/mol. The van der Waals surface area contributed by atoms with Gasteiger partial charge in [0.1, 0.15) is 12.2 Å². The third-order valence-electron chi connectivity index (χ3n) is 4.37. The van der Waals surface area contributed by atoms with Gasteiger partial charge in [0, 0.05) is 19.6 Å². The van der Waals surface area contributed by atoms with Gasteiger partial charge in [-0.05, 0) is 24.5 Å². The van der Waals surface area contributed by atoms with Crippen LogP contribution in [0.3, 0.4) is 0 Å². The Balaban J connectivity index is 1.77. The number of methoxy groups -OCH3 is 1. The van der Waals surface area contributed by atoms with E-state index in [0.717, 1.165) is 11.3 Å². The second kappa shape index (κ2) is 8.33. The highest BCUT2D eigenvalue weighted by molar-refractivity contribution is 7.91. The smallest absolute Gasteiger partial charge is 0.232 e. The van der Waals surface area contributed by atoms with Crippen LogP contribution >= 0.6 is 0 Å². The molecule has 1 aliphatic rings. The molecule has 0 spiro atoms. The van der Waals surface area contributed by atoms with E-state index in [1.165, 1.54) is 4.90 Å². The first-order valence-electron chi connectivity index (χ1n) is 8.17. The molecule has 8 heteroatoms. The molecule has 2 amide bonds. The number of para-hydroxylation sites is 1. The Labute approximate surface area is 148 Å². The van der Waals surface area contributed by atoms with Crippen LogP contribution in [0.2, 0.25) is 0 Å². The molecule has 1 atom stereocenters. The van der Waals surface area contributed by atoms with E-state index in [-0.39, 0.29) is 35.8 Å². The van der Waals surface area contributed by atoms with Crippen LogP contribution in [0, 0.1) is 0 Å². The molecule has 25 heavy (non-hydrogen) atoms. The molecular weight excluding hydrogens is 344 g/mol. The number of carbonyl (C=O) groups excluding carboxylic acids is 2. The fourth-order valence-corrected chi connectivity index (χ4v) is 4.63. The molecule has 2 rings (SSSR count). The van der Waals surface area contributed by atoms with E-state index >= 15 is 0 Å². The largest absolute Gasteiger partial charge is 0.496 e. The highest BCUT2D eigenvalue weighted by Gasteiger charge is 2.33. The molecule has 1 saturated heterocycles. The summed E-state index contributed by atoms with van der Waals surface area (Å²) in [5.41, 5.74) is 0.977. The quantitative estimate of drug-likeness (QED) is 0.703. The minimum atomic E-state index is -3.06. The van der Waals surface area contributed by atoms with Crippen LogP contribution in [0.15, 0.2) is 24.3 Å². The van der Waals surface area contributed by atoms with Gasteiger partial charge >= 0.3 is 0 Å². The zero-order chi connectivity index (χ0) is 18.4. The summed E-state index contributed by atoms with van der Waals surface area (Å²) in [6.07, 6.45) is 0.750. The van der Waals surface area contributed by atoms with Gasteiger partial charge in [-0.25, -0.2) is 8.42 Å². The number of benzene rings is 1. The average Bonchev–Trinajstić information content (AvgIpc) is 2.94. The first-order chi connectivity index (χ1) is 11.8. The van der Waals surface area contributed by atoms with Crippen molar-refractivity contribution in [2.24, 2.45) is 0 Å². The fourth-order valence-electron chi connectivity index (χ4n) is 2.86. The van der Waals surface area contributed by atoms with Crippen molar-refractivity contribution in [2.75, 3.05) is 32.2 Å². The fraction of sp³-hybridized carbons (Fsp3) is 0.529. The lowest BCUT2D eigenvalue weighted by molar-refractivity contribution is -0.136. The molecule has 1 aromatic carbocycles. The number of carbonyl (C=O) groups is 2. The van der Waals surface area contributed by atoms with Crippen molar-refractivity contribution in [1.82, 2.24) is 10.2 Å². The molecule has 1 aliphatic heterocycles. The lowest BCUT2D eigenvalue weighted by atomic mass is 10.1. The Morgan fingerprint density at radius 1 is 1.32 bits per heavy atom. The van der Waals surface area contributed by atoms with Gasteiger partial charge < -0.3 is 15.0 Å². The maximum absolute atomic E-state index is 12.1. The van der Waals surface area contributed by atoms with Gasteiger partial charge in [0.25, 0.3) is 0 Å². The van der Waals surface area contributed by atoms with Gasteiger partial charge in [-0.2, -0.15) is 0 Å². The number of sulfone groups is 1. The minimum Gasteiger partial charge on any atom is -0.496 e. The van der Waals surface area contributed by atoms with Crippen molar-refractivity contribution in [3.8, 4) is 5.75 Å². The third-order valence-corrected chi connectivity index (χ3v) is 6.12. The summed E-state index contributed by atoms with van der Waals surface area (Å²) >= 11 is 0. The number of ether oxygens (including phenoxy) is 1. The lowest BCUT2D eigenvalue weighted by Crippen LogP contribution is -2.40. The van der Waals surface area contributed by atoms with E-state index in [1.807, 2.05) is 24.3 Å². The van der Waals surface area contributed by atoms with Gasteiger partial charge in [0.05, 0.1) is 18.6 Å². The Bertz CT molecular complexity index is 732. The monoisotopic (exact) mass is 368 g/mol. The number of rotatable bonds is 7. The third kappa shape index (κ3) is 5.45. The Kier molecular flexibility index (Phi) is 6.41. The summed E-state index contributed by atoms with van der Waals surface area (Å²) in [5, 5.41) is 2.71. The summed E-state index contributed by atoms with van der Waals surface area (Å²) in [7, 11) is 0.0837. The van der Waals surface area contributed by atoms with Crippen LogP contribution in [-0.2, 0) is 25.8 Å². The van der Waals surface area contributed by atoms with Crippen molar-refractivity contribution >= 4 is 21.7 Å². The minimum absolute atomic E-state index is 0.0232. The molecular formula is C17H24N2O5S. The Morgan fingerprint density at radius 3 is 2.68 bits per heavy atom. The van der Waals surface area contributed by atoms with Crippen LogP contribution in [0.25, 0.3) is 0 Å². The molecule has 1 N–H and O–H groups in total. The van der Waals surface area contributed by atoms with Crippen molar-refractivity contribution in [3.05, 3.63) is 29.8 Å². The van der Waals surface area contributed by atoms with Crippen molar-refractivity contribution in [1.29, 1.82) is 0 Å². The predicted molar refractivity (Wildman–Crippen MR) is 94.2 cm³/mol. The molecule has 7 nitrogen and oxygen atoms in total. The maximum Gasteiger partial charge on any atom is 0.232 e. The van der Waals surface area contributed by atoms with Crippen molar-refractivity contribution < 1.29 is 22.7 Å². The highest BCUT2D eigenvalue weighted by atomic mass is 32.2. The van der Waals surface area contributed by atoms with E-state index in [4.69, 9.17) is 4.74 Å². The van der Waals surface area contributed by atoms with Gasteiger partial charge in [-0.1, -0.05) is 18.2 Å². The molecule has 1 aromatic rings. The summed E-state index contributed by atoms with van der Waals surface area (Å²) in [6.45, 7) is 0.397. The molecule has 1 unspecified atom stereocenters. The van der Waals surface area contributed by atoms with E-state index in [1.54, 1.807) is 14.2 Å². The van der Waals surface area contributed by atoms with Crippen LogP contribution < -0.4 is 10.1 Å². The Hall–Kier alpha value is -2.09. The molecule has 0 saturated carbocycles. The van der Waals surface area contributed by atoms with E-state index < -0.39 is 9.84 Å². The normalized spacial score (nSPS) is 18.6. The van der Waals surface area contributed by atoms with Crippen LogP contribution in [-0.4, -0.2) is 63.4 Å². The predicted octanol–water partition coefficient (Wildman–Crippen LogP) is 0.390. The number of amides is 2. The SMILES string of the molecule is COc1ccccc1CCNC(=O)CC(=O)N(C)C1CCS(=O)(=O)C1. The number of nitrogens with one attached hydrogen (secondary N) is 1. The van der Waals surface area contributed by atoms with Gasteiger partial charge in [0.15, 0.2) is 9.84 Å². The van der Waals surface area contributed by atoms with Gasteiger partial charge in [0.2, 0.25) is 11.8 Å². The van der Waals surface area contributed by atoms with Gasteiger partial charge in [-0.3, -0.25) is 9.59 Å². The van der Waals surface area contributed by atoms with Crippen molar-refractivity contribution in [3.63, 3.8) is 0 Å². The van der Waals surface area contributed by atoms with E-state index in [9.17, 15) is 18.0 Å². The van der Waals surface area contributed by atoms with Crippen molar-refractivity contribution in [2.45, 2.75) is 25.3 Å². The Morgan fingerprint density at radius 2 is 2.04 bits per heavy atom. The molecule has 0 aromatic heterocycles. The molecule has 1 fully saturated rings. The van der Waals surface area contributed by atoms with E-state index in [0.29, 0.717) is 19.4 Å². The number of hydrogen-bond donors (Lipinski definition) is 1. The summed E-state index contributed by atoms with van der Waals surface area (Å²) < 4.78 is 28.2. The topological polar surface area (TPSA) is 92.8 Å². The first kappa shape index (κ1) is 19.2. The molecule has 0 radical (unpaired) electrons. The zero-order valence-electron chi connectivity index (χ0n) is 14.5. The zero-order valence-corrected chi connectivity index (χ0v) is 15.3. The van der Waals surface area contributed by atoms with Gasteiger partial charge in [-0.15, -0.1) is 0 Å². The second-order valence-electron chi connectivity index (χ2n) is 6.15. The summed E-state index contributed by atoms with van der Waals surface area (Å²) in [5.74, 6) is 0.102. The maximum atomic E-state index is 12.1. The highest BCUT2D eigenvalue weighted by Crippen LogP contribution is 2.18. The van der Waals surface area contributed by atoms with Crippen LogP contribution in [0.4, 0.5) is 0 Å². The summed E-state index contributed by atoms with van der Waals surface area (Å²) in [4.78, 5) is 25.5.